The van der Waals surface area contributed by atoms with E-state index in [1.54, 1.807) is 18.3 Å². The van der Waals surface area contributed by atoms with Crippen LogP contribution in [0.5, 0.6) is 0 Å². The quantitative estimate of drug-likeness (QED) is 0.678. The zero-order chi connectivity index (χ0) is 22.1. The number of amides is 2. The van der Waals surface area contributed by atoms with Gasteiger partial charge in [-0.3, -0.25) is 14.5 Å². The van der Waals surface area contributed by atoms with E-state index in [0.29, 0.717) is 12.5 Å². The van der Waals surface area contributed by atoms with Gasteiger partial charge >= 0.3 is 0 Å². The molecule has 2 amide bonds. The summed E-state index contributed by atoms with van der Waals surface area (Å²) in [6.45, 7) is 4.67. The molecule has 3 fully saturated rings. The Bertz CT molecular complexity index is 831. The SMILES string of the molecule is CC(=O)N1CCC(c2ccc(N3CC4CCC(C3=O)N4C(O)/C=C/CN(C)C)s2)CC1. The fourth-order valence-corrected chi connectivity index (χ4v) is 6.29. The molecule has 1 aromatic heterocycles. The average molecular weight is 447 g/mol. The maximum atomic E-state index is 13.3. The van der Waals surface area contributed by atoms with Crippen molar-refractivity contribution in [2.75, 3.05) is 45.2 Å². The number of aliphatic hydroxyl groups is 1. The monoisotopic (exact) mass is 446 g/mol. The molecule has 4 rings (SSSR count). The molecule has 4 heterocycles. The number of piperazine rings is 1. The number of anilines is 1. The first kappa shape index (κ1) is 22.5. The van der Waals surface area contributed by atoms with Crippen molar-refractivity contribution in [1.82, 2.24) is 14.7 Å². The van der Waals surface area contributed by atoms with Crippen LogP contribution in [0.1, 0.15) is 43.4 Å². The number of likely N-dealkylation sites (tertiary alicyclic amines) is 1. The molecular weight excluding hydrogens is 412 g/mol. The molecule has 0 saturated carbocycles. The Balaban J connectivity index is 1.41. The van der Waals surface area contributed by atoms with Crippen LogP contribution in [0.3, 0.4) is 0 Å². The molecule has 3 aliphatic heterocycles. The first-order valence-electron chi connectivity index (χ1n) is 11.3. The number of piperidine rings is 1. The van der Waals surface area contributed by atoms with Crippen molar-refractivity contribution in [3.8, 4) is 0 Å². The zero-order valence-electron chi connectivity index (χ0n) is 18.7. The minimum Gasteiger partial charge on any atom is -0.375 e. The van der Waals surface area contributed by atoms with E-state index in [1.165, 1.54) is 4.88 Å². The standard InChI is InChI=1S/C23H34N4O3S/c1-16(28)25-13-10-17(11-14-25)20-8-9-22(31-20)26-15-18-6-7-19(23(26)30)27(18)21(29)5-4-12-24(2)3/h4-5,8-9,17-19,21,29H,6-7,10-15H2,1-3H3/b5-4+. The summed E-state index contributed by atoms with van der Waals surface area (Å²) in [6, 6.07) is 4.18. The Kier molecular flexibility index (Phi) is 6.81. The van der Waals surface area contributed by atoms with E-state index in [1.807, 2.05) is 45.8 Å². The highest BCUT2D eigenvalue weighted by atomic mass is 32.1. The minimum absolute atomic E-state index is 0.105. The second-order valence-electron chi connectivity index (χ2n) is 9.20. The number of fused-ring (bicyclic) bond motifs is 2. The normalized spacial score (nSPS) is 26.4. The minimum atomic E-state index is -0.714. The smallest absolute Gasteiger partial charge is 0.245 e. The van der Waals surface area contributed by atoms with Gasteiger partial charge in [0.25, 0.3) is 0 Å². The molecule has 0 aromatic carbocycles. The maximum Gasteiger partial charge on any atom is 0.245 e. The largest absolute Gasteiger partial charge is 0.375 e. The lowest BCUT2D eigenvalue weighted by Crippen LogP contribution is -2.60. The molecule has 0 aliphatic carbocycles. The van der Waals surface area contributed by atoms with Gasteiger partial charge in [-0.15, -0.1) is 11.3 Å². The summed E-state index contributed by atoms with van der Waals surface area (Å²) in [5.41, 5.74) is 0. The average Bonchev–Trinajstić information content (AvgIpc) is 3.35. The number of aliphatic hydroxyl groups excluding tert-OH is 1. The molecule has 1 aromatic rings. The van der Waals surface area contributed by atoms with Gasteiger partial charge in [0.15, 0.2) is 0 Å². The van der Waals surface area contributed by atoms with Gasteiger partial charge in [-0.05, 0) is 63.9 Å². The zero-order valence-corrected chi connectivity index (χ0v) is 19.6. The first-order chi connectivity index (χ1) is 14.8. The van der Waals surface area contributed by atoms with Crippen molar-refractivity contribution in [3.63, 3.8) is 0 Å². The molecule has 0 radical (unpaired) electrons. The second-order valence-corrected chi connectivity index (χ2v) is 10.3. The Hall–Kier alpha value is -1.74. The van der Waals surface area contributed by atoms with Gasteiger partial charge < -0.3 is 19.8 Å². The van der Waals surface area contributed by atoms with Crippen LogP contribution in [0.25, 0.3) is 0 Å². The molecule has 3 atom stereocenters. The number of likely N-dealkylation sites (N-methyl/N-ethyl adjacent to an activating group) is 1. The van der Waals surface area contributed by atoms with E-state index in [0.717, 1.165) is 50.3 Å². The number of nitrogens with zero attached hydrogens (tertiary/aromatic N) is 4. The molecule has 3 aliphatic rings. The van der Waals surface area contributed by atoms with Crippen molar-refractivity contribution >= 4 is 28.2 Å². The predicted octanol–water partition coefficient (Wildman–Crippen LogP) is 2.09. The summed E-state index contributed by atoms with van der Waals surface area (Å²) in [5, 5.41) is 11.7. The van der Waals surface area contributed by atoms with Crippen LogP contribution in [0.2, 0.25) is 0 Å². The van der Waals surface area contributed by atoms with Gasteiger partial charge in [0.1, 0.15) is 6.23 Å². The van der Waals surface area contributed by atoms with E-state index >= 15 is 0 Å². The van der Waals surface area contributed by atoms with E-state index in [9.17, 15) is 14.7 Å². The van der Waals surface area contributed by atoms with Crippen molar-refractivity contribution in [1.29, 1.82) is 0 Å². The molecule has 170 valence electrons. The van der Waals surface area contributed by atoms with E-state index in [-0.39, 0.29) is 23.9 Å². The summed E-state index contributed by atoms with van der Waals surface area (Å²) >= 11 is 1.72. The maximum absolute atomic E-state index is 13.3. The number of hydrogen-bond acceptors (Lipinski definition) is 6. The van der Waals surface area contributed by atoms with Gasteiger partial charge in [0, 0.05) is 44.0 Å². The lowest BCUT2D eigenvalue weighted by Gasteiger charge is -2.41. The molecule has 3 unspecified atom stereocenters. The summed E-state index contributed by atoms with van der Waals surface area (Å²) in [6.07, 6.45) is 6.77. The van der Waals surface area contributed by atoms with Crippen molar-refractivity contribution < 1.29 is 14.7 Å². The number of thiophene rings is 1. The van der Waals surface area contributed by atoms with Crippen molar-refractivity contribution in [3.05, 3.63) is 29.2 Å². The fraction of sp³-hybridized carbons (Fsp3) is 0.652. The molecule has 31 heavy (non-hydrogen) atoms. The van der Waals surface area contributed by atoms with Crippen molar-refractivity contribution in [2.45, 2.75) is 56.8 Å². The Morgan fingerprint density at radius 3 is 2.68 bits per heavy atom. The summed E-state index contributed by atoms with van der Waals surface area (Å²) < 4.78 is 0. The first-order valence-corrected chi connectivity index (χ1v) is 12.1. The molecule has 3 saturated heterocycles. The Morgan fingerprint density at radius 2 is 2.00 bits per heavy atom. The van der Waals surface area contributed by atoms with Gasteiger partial charge in [0.05, 0.1) is 11.0 Å². The Labute approximate surface area is 188 Å². The van der Waals surface area contributed by atoms with Crippen LogP contribution in [0.15, 0.2) is 24.3 Å². The molecule has 7 nitrogen and oxygen atoms in total. The third-order valence-corrected chi connectivity index (χ3v) is 8.08. The number of carbonyl (C=O) groups is 2. The summed E-state index contributed by atoms with van der Waals surface area (Å²) in [5.74, 6) is 0.725. The van der Waals surface area contributed by atoms with Crippen LogP contribution in [0, 0.1) is 0 Å². The van der Waals surface area contributed by atoms with Crippen LogP contribution >= 0.6 is 11.3 Å². The van der Waals surface area contributed by atoms with E-state index < -0.39 is 6.23 Å². The predicted molar refractivity (Wildman–Crippen MR) is 123 cm³/mol. The highest BCUT2D eigenvalue weighted by Crippen LogP contribution is 2.40. The molecule has 8 heteroatoms. The van der Waals surface area contributed by atoms with Crippen LogP contribution in [-0.2, 0) is 9.59 Å². The molecule has 2 bridgehead atoms. The highest BCUT2D eigenvalue weighted by Gasteiger charge is 2.48. The van der Waals surface area contributed by atoms with Gasteiger partial charge in [0.2, 0.25) is 11.8 Å². The third-order valence-electron chi connectivity index (χ3n) is 6.80. The third kappa shape index (κ3) is 4.72. The van der Waals surface area contributed by atoms with Gasteiger partial charge in [-0.1, -0.05) is 6.08 Å². The van der Waals surface area contributed by atoms with E-state index in [2.05, 4.69) is 12.1 Å². The summed E-state index contributed by atoms with van der Waals surface area (Å²) in [4.78, 5) is 34.1. The topological polar surface area (TPSA) is 67.3 Å². The van der Waals surface area contributed by atoms with Crippen LogP contribution in [-0.4, -0.2) is 90.2 Å². The second kappa shape index (κ2) is 9.40. The van der Waals surface area contributed by atoms with Crippen LogP contribution in [0.4, 0.5) is 5.00 Å². The summed E-state index contributed by atoms with van der Waals surface area (Å²) in [7, 11) is 3.98. The number of carbonyl (C=O) groups excluding carboxylic acids is 2. The molecular formula is C23H34N4O3S. The number of rotatable bonds is 6. The van der Waals surface area contributed by atoms with Crippen molar-refractivity contribution in [2.24, 2.45) is 0 Å². The van der Waals surface area contributed by atoms with Crippen LogP contribution < -0.4 is 4.90 Å². The Morgan fingerprint density at radius 1 is 1.26 bits per heavy atom. The lowest BCUT2D eigenvalue weighted by atomic mass is 9.95. The van der Waals surface area contributed by atoms with Gasteiger partial charge in [-0.25, -0.2) is 0 Å². The molecule has 0 spiro atoms. The number of hydrogen-bond donors (Lipinski definition) is 1. The van der Waals surface area contributed by atoms with Gasteiger partial charge in [-0.2, -0.15) is 0 Å². The van der Waals surface area contributed by atoms with E-state index in [4.69, 9.17) is 0 Å². The highest BCUT2D eigenvalue weighted by molar-refractivity contribution is 7.16. The fourth-order valence-electron chi connectivity index (χ4n) is 5.10. The molecule has 1 N–H and O–H groups in total. The lowest BCUT2D eigenvalue weighted by molar-refractivity contribution is -0.130.